The Morgan fingerprint density at radius 2 is 2.24 bits per heavy atom. The molecule has 0 spiro atoms. The van der Waals surface area contributed by atoms with E-state index < -0.39 is 0 Å². The number of hydrogen-bond donors (Lipinski definition) is 1. The zero-order chi connectivity index (χ0) is 11.8. The lowest BCUT2D eigenvalue weighted by atomic mass is 10.0. The summed E-state index contributed by atoms with van der Waals surface area (Å²) in [6.07, 6.45) is 1.96. The number of piperidine rings is 1. The Bertz CT molecular complexity index is 584. The number of nitrogens with one attached hydrogen (secondary N) is 1. The molecule has 1 N–H and O–H groups in total. The minimum absolute atomic E-state index is 0.231. The Balaban J connectivity index is 2.10. The Morgan fingerprint density at radius 3 is 3.06 bits per heavy atom. The fraction of sp³-hybridized carbons (Fsp3) is 0.462. The van der Waals surface area contributed by atoms with Gasteiger partial charge in [-0.2, -0.15) is 0 Å². The molecule has 90 valence electrons. The first-order chi connectivity index (χ1) is 8.25. The largest absolute Gasteiger partial charge is 0.420 e. The Hall–Kier alpha value is -1.55. The van der Waals surface area contributed by atoms with Gasteiger partial charge in [-0.15, -0.1) is 0 Å². The molecular formula is C13H16N2O2. The molecule has 0 aliphatic carbocycles. The van der Waals surface area contributed by atoms with Crippen LogP contribution in [0.3, 0.4) is 0 Å². The number of fused-ring (bicyclic) bond motifs is 1. The van der Waals surface area contributed by atoms with Gasteiger partial charge in [0, 0.05) is 12.1 Å². The van der Waals surface area contributed by atoms with Crippen molar-refractivity contribution in [2.24, 2.45) is 0 Å². The third kappa shape index (κ3) is 1.78. The fourth-order valence-corrected chi connectivity index (χ4v) is 2.67. The average Bonchev–Trinajstić information content (AvgIpc) is 2.64. The zero-order valence-electron chi connectivity index (χ0n) is 9.85. The molecule has 0 bridgehead atoms. The average molecular weight is 232 g/mol. The maximum absolute atomic E-state index is 11.9. The van der Waals surface area contributed by atoms with Crippen molar-refractivity contribution in [2.75, 3.05) is 6.54 Å². The molecule has 2 atom stereocenters. The highest BCUT2D eigenvalue weighted by atomic mass is 16.4. The predicted molar refractivity (Wildman–Crippen MR) is 66.2 cm³/mol. The summed E-state index contributed by atoms with van der Waals surface area (Å²) in [5, 5.41) is 3.40. The first kappa shape index (κ1) is 10.6. The number of para-hydroxylation sites is 2. The number of nitrogens with zero attached hydrogens (tertiary/aromatic N) is 1. The summed E-state index contributed by atoms with van der Waals surface area (Å²) in [7, 11) is 0. The van der Waals surface area contributed by atoms with Crippen LogP contribution in [0, 0.1) is 0 Å². The number of oxazole rings is 1. The van der Waals surface area contributed by atoms with Crippen LogP contribution in [-0.2, 0) is 0 Å². The van der Waals surface area contributed by atoms with Crippen LogP contribution in [0.15, 0.2) is 33.5 Å². The fourth-order valence-electron chi connectivity index (χ4n) is 2.67. The quantitative estimate of drug-likeness (QED) is 0.817. The second kappa shape index (κ2) is 4.04. The van der Waals surface area contributed by atoms with Crippen molar-refractivity contribution in [3.8, 4) is 0 Å². The van der Waals surface area contributed by atoms with Gasteiger partial charge in [-0.05, 0) is 38.4 Å². The van der Waals surface area contributed by atoms with E-state index in [1.54, 1.807) is 0 Å². The van der Waals surface area contributed by atoms with E-state index in [9.17, 15) is 4.79 Å². The molecule has 1 aromatic heterocycles. The van der Waals surface area contributed by atoms with Crippen LogP contribution < -0.4 is 11.1 Å². The monoisotopic (exact) mass is 232 g/mol. The van der Waals surface area contributed by atoms with Gasteiger partial charge in [0.05, 0.1) is 5.52 Å². The molecule has 4 nitrogen and oxygen atoms in total. The molecule has 4 heteroatoms. The van der Waals surface area contributed by atoms with Gasteiger partial charge in [-0.1, -0.05) is 12.1 Å². The molecule has 3 rings (SSSR count). The topological polar surface area (TPSA) is 47.2 Å². The Kier molecular flexibility index (Phi) is 2.52. The molecule has 0 radical (unpaired) electrons. The molecule has 0 saturated carbocycles. The van der Waals surface area contributed by atoms with Crippen LogP contribution in [-0.4, -0.2) is 17.2 Å². The maximum atomic E-state index is 11.9. The van der Waals surface area contributed by atoms with Crippen LogP contribution in [0.5, 0.6) is 0 Å². The highest BCUT2D eigenvalue weighted by molar-refractivity contribution is 5.72. The van der Waals surface area contributed by atoms with Gasteiger partial charge >= 0.3 is 5.76 Å². The summed E-state index contributed by atoms with van der Waals surface area (Å²) in [5.41, 5.74) is 1.60. The Morgan fingerprint density at radius 1 is 1.41 bits per heavy atom. The first-order valence-corrected chi connectivity index (χ1v) is 6.09. The molecule has 1 saturated heterocycles. The van der Waals surface area contributed by atoms with Gasteiger partial charge in [-0.3, -0.25) is 4.57 Å². The minimum Gasteiger partial charge on any atom is -0.408 e. The molecule has 0 unspecified atom stereocenters. The van der Waals surface area contributed by atoms with Crippen LogP contribution in [0.2, 0.25) is 0 Å². The number of hydrogen-bond acceptors (Lipinski definition) is 3. The van der Waals surface area contributed by atoms with Gasteiger partial charge in [0.25, 0.3) is 0 Å². The van der Waals surface area contributed by atoms with Gasteiger partial charge < -0.3 is 9.73 Å². The minimum atomic E-state index is -0.231. The lowest BCUT2D eigenvalue weighted by Gasteiger charge is -2.28. The summed E-state index contributed by atoms with van der Waals surface area (Å²) in [5.74, 6) is -0.231. The molecule has 1 aliphatic rings. The highest BCUT2D eigenvalue weighted by Gasteiger charge is 2.23. The third-order valence-corrected chi connectivity index (χ3v) is 3.48. The molecule has 2 aromatic rings. The van der Waals surface area contributed by atoms with E-state index in [2.05, 4.69) is 12.2 Å². The maximum Gasteiger partial charge on any atom is 0.420 e. The van der Waals surface area contributed by atoms with Gasteiger partial charge in [-0.25, -0.2) is 4.79 Å². The standard InChI is InChI=1S/C13H16N2O2/c1-9-8-10(6-7-14-9)15-11-4-2-3-5-12(11)17-13(15)16/h2-5,9-10,14H,6-8H2,1H3/t9-,10+/m1/s1. The van der Waals surface area contributed by atoms with E-state index in [0.29, 0.717) is 11.6 Å². The lowest BCUT2D eigenvalue weighted by Crippen LogP contribution is -2.38. The number of benzene rings is 1. The van der Waals surface area contributed by atoms with Crippen molar-refractivity contribution >= 4 is 11.1 Å². The van der Waals surface area contributed by atoms with E-state index in [4.69, 9.17) is 4.42 Å². The SMILES string of the molecule is C[C@@H]1C[C@@H](n2c(=O)oc3ccccc32)CCN1. The van der Waals surface area contributed by atoms with Gasteiger partial charge in [0.2, 0.25) is 0 Å². The van der Waals surface area contributed by atoms with Gasteiger partial charge in [0.15, 0.2) is 5.58 Å². The molecule has 17 heavy (non-hydrogen) atoms. The highest BCUT2D eigenvalue weighted by Crippen LogP contribution is 2.24. The van der Waals surface area contributed by atoms with Crippen LogP contribution in [0.4, 0.5) is 0 Å². The molecular weight excluding hydrogens is 216 g/mol. The lowest BCUT2D eigenvalue weighted by molar-refractivity contribution is 0.302. The summed E-state index contributed by atoms with van der Waals surface area (Å²) in [6.45, 7) is 3.11. The van der Waals surface area contributed by atoms with E-state index in [0.717, 1.165) is 24.9 Å². The molecule has 0 amide bonds. The van der Waals surface area contributed by atoms with Crippen molar-refractivity contribution in [1.29, 1.82) is 0 Å². The summed E-state index contributed by atoms with van der Waals surface area (Å²) < 4.78 is 7.09. The summed E-state index contributed by atoms with van der Waals surface area (Å²) >= 11 is 0. The molecule has 2 heterocycles. The predicted octanol–water partition coefficient (Wildman–Crippen LogP) is 1.91. The first-order valence-electron chi connectivity index (χ1n) is 6.09. The van der Waals surface area contributed by atoms with Crippen LogP contribution in [0.25, 0.3) is 11.1 Å². The van der Waals surface area contributed by atoms with E-state index in [-0.39, 0.29) is 11.8 Å². The van der Waals surface area contributed by atoms with Crippen LogP contribution in [0.1, 0.15) is 25.8 Å². The molecule has 1 aromatic carbocycles. The van der Waals surface area contributed by atoms with E-state index in [1.807, 2.05) is 28.8 Å². The van der Waals surface area contributed by atoms with E-state index >= 15 is 0 Å². The van der Waals surface area contributed by atoms with E-state index in [1.165, 1.54) is 0 Å². The zero-order valence-corrected chi connectivity index (χ0v) is 9.85. The van der Waals surface area contributed by atoms with Crippen molar-refractivity contribution < 1.29 is 4.42 Å². The molecule has 1 aliphatic heterocycles. The number of aromatic nitrogens is 1. The van der Waals surface area contributed by atoms with Crippen molar-refractivity contribution in [3.63, 3.8) is 0 Å². The second-order valence-corrected chi connectivity index (χ2v) is 4.74. The van der Waals surface area contributed by atoms with Crippen molar-refractivity contribution in [2.45, 2.75) is 31.8 Å². The molecule has 1 fully saturated rings. The van der Waals surface area contributed by atoms with Crippen LogP contribution >= 0.6 is 0 Å². The normalized spacial score (nSPS) is 25.2. The van der Waals surface area contributed by atoms with Crippen molar-refractivity contribution in [3.05, 3.63) is 34.8 Å². The number of rotatable bonds is 1. The van der Waals surface area contributed by atoms with Crippen molar-refractivity contribution in [1.82, 2.24) is 9.88 Å². The second-order valence-electron chi connectivity index (χ2n) is 4.74. The smallest absolute Gasteiger partial charge is 0.408 e. The van der Waals surface area contributed by atoms with Gasteiger partial charge in [0.1, 0.15) is 0 Å². The Labute approximate surface area is 99.2 Å². The summed E-state index contributed by atoms with van der Waals surface area (Å²) in [6, 6.07) is 8.33. The summed E-state index contributed by atoms with van der Waals surface area (Å²) in [4.78, 5) is 11.9. The third-order valence-electron chi connectivity index (χ3n) is 3.48.